The third-order valence-electron chi connectivity index (χ3n) is 5.66. The SMILES string of the molecule is CC1CCC(Nc2ncc(-c3ccc(OC(F)F)cc3)c(O[C@@H]3CCOC3)n2)CC1. The second-order valence-electron chi connectivity index (χ2n) is 8.02. The fraction of sp³-hybridized carbons (Fsp3) is 0.545. The second-order valence-corrected chi connectivity index (χ2v) is 8.02. The zero-order chi connectivity index (χ0) is 20.9. The molecule has 0 bridgehead atoms. The van der Waals surface area contributed by atoms with Crippen molar-refractivity contribution in [2.24, 2.45) is 5.92 Å². The van der Waals surface area contributed by atoms with Gasteiger partial charge in [0.25, 0.3) is 0 Å². The van der Waals surface area contributed by atoms with Crippen LogP contribution in [0, 0.1) is 5.92 Å². The van der Waals surface area contributed by atoms with E-state index in [0.717, 1.165) is 30.7 Å². The first-order chi connectivity index (χ1) is 14.6. The van der Waals surface area contributed by atoms with Gasteiger partial charge in [-0.3, -0.25) is 0 Å². The number of aromatic nitrogens is 2. The van der Waals surface area contributed by atoms with Crippen molar-refractivity contribution in [3.63, 3.8) is 0 Å². The van der Waals surface area contributed by atoms with E-state index < -0.39 is 6.61 Å². The molecule has 4 rings (SSSR count). The number of hydrogen-bond acceptors (Lipinski definition) is 6. The molecule has 0 spiro atoms. The van der Waals surface area contributed by atoms with Crippen LogP contribution in [0.1, 0.15) is 39.0 Å². The number of benzene rings is 1. The summed E-state index contributed by atoms with van der Waals surface area (Å²) in [5.74, 6) is 1.88. The average Bonchev–Trinajstić information content (AvgIpc) is 3.23. The van der Waals surface area contributed by atoms with E-state index in [9.17, 15) is 8.78 Å². The molecule has 1 saturated carbocycles. The molecule has 6 nitrogen and oxygen atoms in total. The lowest BCUT2D eigenvalue weighted by molar-refractivity contribution is -0.0498. The first-order valence-electron chi connectivity index (χ1n) is 10.5. The van der Waals surface area contributed by atoms with Crippen molar-refractivity contribution in [3.05, 3.63) is 30.5 Å². The monoisotopic (exact) mass is 419 g/mol. The maximum Gasteiger partial charge on any atom is 0.387 e. The number of nitrogens with zero attached hydrogens (tertiary/aromatic N) is 2. The van der Waals surface area contributed by atoms with Crippen molar-refractivity contribution < 1.29 is 23.0 Å². The number of rotatable bonds is 7. The van der Waals surface area contributed by atoms with E-state index in [1.54, 1.807) is 18.3 Å². The summed E-state index contributed by atoms with van der Waals surface area (Å²) in [6, 6.07) is 6.76. The van der Waals surface area contributed by atoms with Crippen molar-refractivity contribution >= 4 is 5.95 Å². The van der Waals surface area contributed by atoms with Crippen molar-refractivity contribution in [2.45, 2.75) is 57.8 Å². The van der Waals surface area contributed by atoms with Crippen LogP contribution in [0.5, 0.6) is 11.6 Å². The molecule has 1 aliphatic carbocycles. The lowest BCUT2D eigenvalue weighted by Crippen LogP contribution is -2.26. The van der Waals surface area contributed by atoms with Crippen LogP contribution in [0.2, 0.25) is 0 Å². The molecule has 1 saturated heterocycles. The molecule has 30 heavy (non-hydrogen) atoms. The number of nitrogens with one attached hydrogen (secondary N) is 1. The molecule has 2 heterocycles. The van der Waals surface area contributed by atoms with E-state index in [1.165, 1.54) is 25.0 Å². The Hall–Kier alpha value is -2.48. The van der Waals surface area contributed by atoms with Gasteiger partial charge < -0.3 is 19.5 Å². The van der Waals surface area contributed by atoms with Gasteiger partial charge in [0.1, 0.15) is 11.9 Å². The lowest BCUT2D eigenvalue weighted by Gasteiger charge is -2.27. The van der Waals surface area contributed by atoms with Gasteiger partial charge in [0.15, 0.2) is 0 Å². The Kier molecular flexibility index (Phi) is 6.62. The lowest BCUT2D eigenvalue weighted by atomic mass is 9.87. The minimum Gasteiger partial charge on any atom is -0.471 e. The summed E-state index contributed by atoms with van der Waals surface area (Å²) in [4.78, 5) is 9.13. The number of alkyl halides is 2. The molecule has 0 unspecified atom stereocenters. The van der Waals surface area contributed by atoms with Gasteiger partial charge in [-0.15, -0.1) is 0 Å². The standard InChI is InChI=1S/C22H27F2N3O3/c1-14-2-6-16(7-3-14)26-22-25-12-19(20(27-22)29-18-10-11-28-13-18)15-4-8-17(9-5-15)30-21(23)24/h4-5,8-9,12,14,16,18,21H,2-3,6-7,10-11,13H2,1H3,(H,25,26,27)/t14?,16?,18-/m1/s1. The number of ether oxygens (including phenoxy) is 3. The summed E-state index contributed by atoms with van der Waals surface area (Å²) in [5, 5.41) is 3.44. The predicted molar refractivity (Wildman–Crippen MR) is 109 cm³/mol. The molecule has 1 N–H and O–H groups in total. The Morgan fingerprint density at radius 3 is 2.53 bits per heavy atom. The highest BCUT2D eigenvalue weighted by atomic mass is 19.3. The molecule has 8 heteroatoms. The number of hydrogen-bond donors (Lipinski definition) is 1. The zero-order valence-corrected chi connectivity index (χ0v) is 17.0. The summed E-state index contributed by atoms with van der Waals surface area (Å²) in [6.45, 7) is 0.618. The Bertz CT molecular complexity index is 821. The summed E-state index contributed by atoms with van der Waals surface area (Å²) in [6.07, 6.45) is 7.05. The van der Waals surface area contributed by atoms with Gasteiger partial charge in [-0.25, -0.2) is 4.98 Å². The molecule has 2 aromatic rings. The minimum atomic E-state index is -2.85. The fourth-order valence-electron chi connectivity index (χ4n) is 3.89. The van der Waals surface area contributed by atoms with Crippen molar-refractivity contribution in [3.8, 4) is 22.8 Å². The van der Waals surface area contributed by atoms with Crippen molar-refractivity contribution in [1.29, 1.82) is 0 Å². The number of anilines is 1. The smallest absolute Gasteiger partial charge is 0.387 e. The normalized spacial score (nSPS) is 24.1. The van der Waals surface area contributed by atoms with E-state index in [-0.39, 0.29) is 11.9 Å². The highest BCUT2D eigenvalue weighted by molar-refractivity contribution is 5.69. The van der Waals surface area contributed by atoms with E-state index in [1.807, 2.05) is 0 Å². The van der Waals surface area contributed by atoms with Crippen LogP contribution in [-0.4, -0.2) is 41.9 Å². The van der Waals surface area contributed by atoms with Gasteiger partial charge >= 0.3 is 6.61 Å². The van der Waals surface area contributed by atoms with Crippen LogP contribution in [0.4, 0.5) is 14.7 Å². The van der Waals surface area contributed by atoms with Gasteiger partial charge in [0.05, 0.1) is 18.8 Å². The molecule has 1 aliphatic heterocycles. The van der Waals surface area contributed by atoms with E-state index >= 15 is 0 Å². The summed E-state index contributed by atoms with van der Waals surface area (Å²) < 4.78 is 40.8. The average molecular weight is 419 g/mol. The van der Waals surface area contributed by atoms with Crippen LogP contribution >= 0.6 is 0 Å². The Morgan fingerprint density at radius 1 is 1.10 bits per heavy atom. The molecule has 1 aromatic carbocycles. The van der Waals surface area contributed by atoms with Crippen LogP contribution in [0.3, 0.4) is 0 Å². The first kappa shape index (κ1) is 20.8. The van der Waals surface area contributed by atoms with Crippen LogP contribution in [0.25, 0.3) is 11.1 Å². The van der Waals surface area contributed by atoms with Gasteiger partial charge in [0.2, 0.25) is 11.8 Å². The molecular weight excluding hydrogens is 392 g/mol. The van der Waals surface area contributed by atoms with Gasteiger partial charge in [0, 0.05) is 18.7 Å². The topological polar surface area (TPSA) is 65.5 Å². The summed E-state index contributed by atoms with van der Waals surface area (Å²) in [7, 11) is 0. The van der Waals surface area contributed by atoms with Gasteiger partial charge in [-0.05, 0) is 49.3 Å². The molecule has 162 valence electrons. The Balaban J connectivity index is 1.55. The van der Waals surface area contributed by atoms with Gasteiger partial charge in [-0.2, -0.15) is 13.8 Å². The van der Waals surface area contributed by atoms with Crippen molar-refractivity contribution in [1.82, 2.24) is 9.97 Å². The molecule has 2 fully saturated rings. The first-order valence-corrected chi connectivity index (χ1v) is 10.5. The molecule has 0 amide bonds. The van der Waals surface area contributed by atoms with Crippen molar-refractivity contribution in [2.75, 3.05) is 18.5 Å². The molecule has 1 atom stereocenters. The van der Waals surface area contributed by atoms with E-state index in [4.69, 9.17) is 9.47 Å². The van der Waals surface area contributed by atoms with Crippen LogP contribution < -0.4 is 14.8 Å². The molecule has 1 aromatic heterocycles. The highest BCUT2D eigenvalue weighted by Gasteiger charge is 2.23. The predicted octanol–water partition coefficient (Wildman–Crippen LogP) is 4.90. The Morgan fingerprint density at radius 2 is 1.87 bits per heavy atom. The third-order valence-corrected chi connectivity index (χ3v) is 5.66. The molecular formula is C22H27F2N3O3. The second kappa shape index (κ2) is 9.55. The third kappa shape index (κ3) is 5.36. The summed E-state index contributed by atoms with van der Waals surface area (Å²) >= 11 is 0. The van der Waals surface area contributed by atoms with Crippen LogP contribution in [-0.2, 0) is 4.74 Å². The minimum absolute atomic E-state index is 0.0662. The van der Waals surface area contributed by atoms with E-state index in [0.29, 0.717) is 36.6 Å². The highest BCUT2D eigenvalue weighted by Crippen LogP contribution is 2.32. The largest absolute Gasteiger partial charge is 0.471 e. The fourth-order valence-corrected chi connectivity index (χ4v) is 3.89. The van der Waals surface area contributed by atoms with Crippen LogP contribution in [0.15, 0.2) is 30.5 Å². The molecule has 2 aliphatic rings. The quantitative estimate of drug-likeness (QED) is 0.688. The number of halogens is 2. The zero-order valence-electron chi connectivity index (χ0n) is 17.0. The van der Waals surface area contributed by atoms with E-state index in [2.05, 4.69) is 26.9 Å². The van der Waals surface area contributed by atoms with Gasteiger partial charge in [-0.1, -0.05) is 19.1 Å². The molecule has 0 radical (unpaired) electrons. The summed E-state index contributed by atoms with van der Waals surface area (Å²) in [5.41, 5.74) is 1.47. The Labute approximate surface area is 175 Å². The maximum absolute atomic E-state index is 12.4. The maximum atomic E-state index is 12.4.